The molecule has 6 nitrogen and oxygen atoms in total. The van der Waals surface area contributed by atoms with Gasteiger partial charge >= 0.3 is 6.09 Å². The van der Waals surface area contributed by atoms with E-state index < -0.39 is 17.6 Å². The smallest absolute Gasteiger partial charge is 0.405 e. The van der Waals surface area contributed by atoms with Crippen LogP contribution in [0.5, 0.6) is 0 Å². The number of hydrogen-bond donors (Lipinski definition) is 3. The van der Waals surface area contributed by atoms with Crippen molar-refractivity contribution in [2.45, 2.75) is 45.8 Å². The second-order valence-corrected chi connectivity index (χ2v) is 7.02. The summed E-state index contributed by atoms with van der Waals surface area (Å²) in [6, 6.07) is 6.61. The lowest BCUT2D eigenvalue weighted by atomic mass is 9.84. The van der Waals surface area contributed by atoms with Gasteiger partial charge < -0.3 is 20.4 Å². The summed E-state index contributed by atoms with van der Waals surface area (Å²) in [5.74, 6) is -0.298. The number of amides is 2. The molecule has 1 heterocycles. The topological polar surface area (TPSA) is 89.9 Å². The lowest BCUT2D eigenvalue weighted by Gasteiger charge is -2.40. The summed E-state index contributed by atoms with van der Waals surface area (Å²) in [4.78, 5) is 25.6. The van der Waals surface area contributed by atoms with E-state index >= 15 is 0 Å². The molecular weight excluding hydrogens is 296 g/mol. The summed E-state index contributed by atoms with van der Waals surface area (Å²) in [7, 11) is 0. The molecule has 2 rings (SSSR count). The molecule has 0 aliphatic carbocycles. The first-order valence-electron chi connectivity index (χ1n) is 7.71. The lowest BCUT2D eigenvalue weighted by Crippen LogP contribution is -2.58. The zero-order valence-electron chi connectivity index (χ0n) is 13.7. The van der Waals surface area contributed by atoms with Gasteiger partial charge in [0.25, 0.3) is 0 Å². The summed E-state index contributed by atoms with van der Waals surface area (Å²) >= 11 is 0. The van der Waals surface area contributed by atoms with E-state index in [1.165, 1.54) is 0 Å². The van der Waals surface area contributed by atoms with Crippen molar-refractivity contribution in [3.8, 4) is 0 Å². The second kappa shape index (κ2) is 6.58. The summed E-state index contributed by atoms with van der Waals surface area (Å²) in [6.45, 7) is 5.68. The molecule has 1 aliphatic rings. The normalized spacial score (nSPS) is 19.0. The molecule has 0 aromatic heterocycles. The molecule has 0 bridgehead atoms. The summed E-state index contributed by atoms with van der Waals surface area (Å²) in [6.07, 6.45) is -0.654. The van der Waals surface area contributed by atoms with Gasteiger partial charge in [0.1, 0.15) is 6.04 Å². The maximum absolute atomic E-state index is 12.9. The molecule has 2 amide bonds. The molecule has 0 saturated heterocycles. The lowest BCUT2D eigenvalue weighted by molar-refractivity contribution is -0.140. The highest BCUT2D eigenvalue weighted by Crippen LogP contribution is 2.27. The monoisotopic (exact) mass is 320 g/mol. The standard InChI is InChI=1S/C17H24N2O4/c1-17(2,3)14(18-16(22)23)15(21)19-9-12-7-5-4-6-11(12)8-13(19)10-20/h4-7,13-14,18,20H,8-10H2,1-3H3,(H,22,23)/t13-,14+/m0/s1. The molecule has 0 spiro atoms. The Morgan fingerprint density at radius 3 is 2.43 bits per heavy atom. The number of hydrogen-bond acceptors (Lipinski definition) is 3. The third kappa shape index (κ3) is 3.82. The highest BCUT2D eigenvalue weighted by molar-refractivity contribution is 5.86. The predicted molar refractivity (Wildman–Crippen MR) is 86.0 cm³/mol. The van der Waals surface area contributed by atoms with Crippen LogP contribution in [-0.2, 0) is 17.8 Å². The second-order valence-electron chi connectivity index (χ2n) is 7.02. The van der Waals surface area contributed by atoms with E-state index in [1.54, 1.807) is 4.90 Å². The van der Waals surface area contributed by atoms with Gasteiger partial charge in [-0.15, -0.1) is 0 Å². The number of carbonyl (C=O) groups is 2. The van der Waals surface area contributed by atoms with Crippen molar-refractivity contribution >= 4 is 12.0 Å². The van der Waals surface area contributed by atoms with Crippen molar-refractivity contribution in [3.05, 3.63) is 35.4 Å². The van der Waals surface area contributed by atoms with Crippen molar-refractivity contribution in [3.63, 3.8) is 0 Å². The zero-order valence-corrected chi connectivity index (χ0v) is 13.7. The molecular formula is C17H24N2O4. The molecule has 126 valence electrons. The average molecular weight is 320 g/mol. The fraction of sp³-hybridized carbons (Fsp3) is 0.529. The Morgan fingerprint density at radius 1 is 1.30 bits per heavy atom. The van der Waals surface area contributed by atoms with Crippen LogP contribution in [-0.4, -0.2) is 45.8 Å². The maximum Gasteiger partial charge on any atom is 0.405 e. The number of nitrogens with one attached hydrogen (secondary N) is 1. The number of fused-ring (bicyclic) bond motifs is 1. The van der Waals surface area contributed by atoms with Crippen molar-refractivity contribution in [2.75, 3.05) is 6.61 Å². The Kier molecular flexibility index (Phi) is 4.94. The van der Waals surface area contributed by atoms with Gasteiger partial charge in [0.05, 0.1) is 12.6 Å². The van der Waals surface area contributed by atoms with Crippen molar-refractivity contribution in [1.29, 1.82) is 0 Å². The molecule has 1 aromatic rings. The highest BCUT2D eigenvalue weighted by Gasteiger charge is 2.39. The number of rotatable bonds is 3. The number of aliphatic hydroxyl groups excluding tert-OH is 1. The molecule has 3 N–H and O–H groups in total. The summed E-state index contributed by atoms with van der Waals surface area (Å²) in [5, 5.41) is 21.0. The number of carboxylic acid groups (broad SMARTS) is 1. The van der Waals surface area contributed by atoms with Crippen LogP contribution in [0.15, 0.2) is 24.3 Å². The number of carbonyl (C=O) groups excluding carboxylic acids is 1. The van der Waals surface area contributed by atoms with Crippen LogP contribution in [0.2, 0.25) is 0 Å². The summed E-state index contributed by atoms with van der Waals surface area (Å²) < 4.78 is 0. The minimum atomic E-state index is -1.23. The van der Waals surface area contributed by atoms with Crippen molar-refractivity contribution in [2.24, 2.45) is 5.41 Å². The van der Waals surface area contributed by atoms with Gasteiger partial charge in [-0.3, -0.25) is 4.79 Å². The maximum atomic E-state index is 12.9. The first-order chi connectivity index (χ1) is 10.7. The molecule has 0 saturated carbocycles. The van der Waals surface area contributed by atoms with Crippen LogP contribution in [0, 0.1) is 5.41 Å². The number of aliphatic hydroxyl groups is 1. The largest absolute Gasteiger partial charge is 0.465 e. The first kappa shape index (κ1) is 17.3. The van der Waals surface area contributed by atoms with E-state index in [0.717, 1.165) is 11.1 Å². The Balaban J connectivity index is 2.30. The summed E-state index contributed by atoms with van der Waals surface area (Å²) in [5.41, 5.74) is 1.59. The van der Waals surface area contributed by atoms with Gasteiger partial charge in [-0.05, 0) is 23.0 Å². The van der Waals surface area contributed by atoms with Crippen molar-refractivity contribution in [1.82, 2.24) is 10.2 Å². The van der Waals surface area contributed by atoms with Gasteiger partial charge in [0.2, 0.25) is 5.91 Å². The predicted octanol–water partition coefficient (Wildman–Crippen LogP) is 1.61. The van der Waals surface area contributed by atoms with E-state index in [9.17, 15) is 14.7 Å². The zero-order chi connectivity index (χ0) is 17.2. The minimum Gasteiger partial charge on any atom is -0.465 e. The molecule has 2 atom stereocenters. The molecule has 0 unspecified atom stereocenters. The van der Waals surface area contributed by atoms with Crippen LogP contribution in [0.1, 0.15) is 31.9 Å². The number of nitrogens with zero attached hydrogens (tertiary/aromatic N) is 1. The van der Waals surface area contributed by atoms with Crippen LogP contribution >= 0.6 is 0 Å². The third-order valence-corrected chi connectivity index (χ3v) is 4.23. The molecule has 0 fully saturated rings. The van der Waals surface area contributed by atoms with E-state index in [0.29, 0.717) is 13.0 Å². The Hall–Kier alpha value is -2.08. The van der Waals surface area contributed by atoms with Crippen LogP contribution < -0.4 is 5.32 Å². The van der Waals surface area contributed by atoms with Crippen LogP contribution in [0.4, 0.5) is 4.79 Å². The van der Waals surface area contributed by atoms with Gasteiger partial charge in [-0.25, -0.2) is 4.79 Å². The van der Waals surface area contributed by atoms with Gasteiger partial charge in [0.15, 0.2) is 0 Å². The van der Waals surface area contributed by atoms with Gasteiger partial charge in [-0.1, -0.05) is 45.0 Å². The van der Waals surface area contributed by atoms with E-state index in [1.807, 2.05) is 45.0 Å². The van der Waals surface area contributed by atoms with E-state index in [4.69, 9.17) is 5.11 Å². The fourth-order valence-corrected chi connectivity index (χ4v) is 2.95. The molecule has 6 heteroatoms. The SMILES string of the molecule is CC(C)(C)[C@H](NC(=O)O)C(=O)N1Cc2ccccc2C[C@H]1CO. The fourth-order valence-electron chi connectivity index (χ4n) is 2.95. The first-order valence-corrected chi connectivity index (χ1v) is 7.71. The van der Waals surface area contributed by atoms with E-state index in [2.05, 4.69) is 5.32 Å². The molecule has 1 aliphatic heterocycles. The van der Waals surface area contributed by atoms with E-state index in [-0.39, 0.29) is 18.6 Å². The van der Waals surface area contributed by atoms with Gasteiger partial charge in [0, 0.05) is 6.54 Å². The van der Waals surface area contributed by atoms with Crippen LogP contribution in [0.3, 0.4) is 0 Å². The number of benzene rings is 1. The Bertz CT molecular complexity index is 595. The van der Waals surface area contributed by atoms with Crippen molar-refractivity contribution < 1.29 is 19.8 Å². The highest BCUT2D eigenvalue weighted by atomic mass is 16.4. The third-order valence-electron chi connectivity index (χ3n) is 4.23. The quantitative estimate of drug-likeness (QED) is 0.789. The molecule has 1 aromatic carbocycles. The molecule has 0 radical (unpaired) electrons. The molecule has 23 heavy (non-hydrogen) atoms. The Labute approximate surface area is 136 Å². The minimum absolute atomic E-state index is 0.149. The Morgan fingerprint density at radius 2 is 1.91 bits per heavy atom. The average Bonchev–Trinajstić information content (AvgIpc) is 2.49. The van der Waals surface area contributed by atoms with Gasteiger partial charge in [-0.2, -0.15) is 0 Å². The van der Waals surface area contributed by atoms with Crippen LogP contribution in [0.25, 0.3) is 0 Å².